The summed E-state index contributed by atoms with van der Waals surface area (Å²) in [7, 11) is 5.13. The molecule has 20 heavy (non-hydrogen) atoms. The Morgan fingerprint density at radius 3 is 2.55 bits per heavy atom. The molecule has 0 aliphatic rings. The molecule has 2 aromatic rings. The van der Waals surface area contributed by atoms with E-state index in [1.165, 1.54) is 0 Å². The number of hydrogen-bond acceptors (Lipinski definition) is 5. The number of nitrogens with zero attached hydrogens (tertiary/aromatic N) is 2. The Morgan fingerprint density at radius 2 is 1.95 bits per heavy atom. The molecule has 0 amide bonds. The van der Waals surface area contributed by atoms with Crippen LogP contribution in [0.25, 0.3) is 11.3 Å². The molecule has 5 nitrogen and oxygen atoms in total. The summed E-state index contributed by atoms with van der Waals surface area (Å²) in [6, 6.07) is 7.85. The molecule has 0 bridgehead atoms. The third-order valence-electron chi connectivity index (χ3n) is 3.01. The zero-order chi connectivity index (χ0) is 14.5. The summed E-state index contributed by atoms with van der Waals surface area (Å²) in [5, 5.41) is 3.05. The third-order valence-corrected chi connectivity index (χ3v) is 3.01. The molecule has 106 valence electrons. The van der Waals surface area contributed by atoms with Crippen molar-refractivity contribution >= 4 is 5.82 Å². The number of methoxy groups -OCH3 is 2. The number of aromatic nitrogens is 2. The van der Waals surface area contributed by atoms with Crippen molar-refractivity contribution in [3.8, 4) is 17.0 Å². The van der Waals surface area contributed by atoms with Crippen molar-refractivity contribution in [2.75, 3.05) is 26.6 Å². The van der Waals surface area contributed by atoms with Gasteiger partial charge in [-0.05, 0) is 30.7 Å². The minimum absolute atomic E-state index is 0.387. The molecule has 1 heterocycles. The zero-order valence-corrected chi connectivity index (χ0v) is 12.2. The minimum atomic E-state index is 0.387. The predicted octanol–water partition coefficient (Wildman–Crippen LogP) is 2.65. The SMILES string of the molecule is CNc1cc(-c2ccc(OC)cc2C)nc(COC)n1. The molecule has 0 spiro atoms. The predicted molar refractivity (Wildman–Crippen MR) is 79.0 cm³/mol. The van der Waals surface area contributed by atoms with E-state index in [1.54, 1.807) is 14.2 Å². The summed E-state index contributed by atoms with van der Waals surface area (Å²) in [4.78, 5) is 8.90. The van der Waals surface area contributed by atoms with Crippen LogP contribution in [-0.2, 0) is 11.3 Å². The van der Waals surface area contributed by atoms with Gasteiger partial charge in [-0.2, -0.15) is 0 Å². The molecular weight excluding hydrogens is 254 g/mol. The zero-order valence-electron chi connectivity index (χ0n) is 12.2. The van der Waals surface area contributed by atoms with E-state index in [2.05, 4.69) is 15.3 Å². The largest absolute Gasteiger partial charge is 0.497 e. The summed E-state index contributed by atoms with van der Waals surface area (Å²) >= 11 is 0. The van der Waals surface area contributed by atoms with Crippen molar-refractivity contribution in [3.63, 3.8) is 0 Å². The van der Waals surface area contributed by atoms with Crippen LogP contribution in [0.5, 0.6) is 5.75 Å². The first-order valence-electron chi connectivity index (χ1n) is 6.37. The van der Waals surface area contributed by atoms with E-state index >= 15 is 0 Å². The first kappa shape index (κ1) is 14.3. The summed E-state index contributed by atoms with van der Waals surface area (Å²) in [6.45, 7) is 2.42. The van der Waals surface area contributed by atoms with Crippen LogP contribution < -0.4 is 10.1 Å². The molecule has 0 atom stereocenters. The third kappa shape index (κ3) is 3.05. The van der Waals surface area contributed by atoms with Gasteiger partial charge in [0.1, 0.15) is 18.2 Å². The Morgan fingerprint density at radius 1 is 1.15 bits per heavy atom. The number of aryl methyl sites for hydroxylation is 1. The van der Waals surface area contributed by atoms with Gasteiger partial charge < -0.3 is 14.8 Å². The Bertz CT molecular complexity index is 600. The molecular formula is C15H19N3O2. The van der Waals surface area contributed by atoms with Crippen LogP contribution in [-0.4, -0.2) is 31.2 Å². The van der Waals surface area contributed by atoms with Crippen LogP contribution in [0.3, 0.4) is 0 Å². The van der Waals surface area contributed by atoms with E-state index in [9.17, 15) is 0 Å². The number of ether oxygens (including phenoxy) is 2. The lowest BCUT2D eigenvalue weighted by atomic mass is 10.0. The monoisotopic (exact) mass is 273 g/mol. The van der Waals surface area contributed by atoms with Gasteiger partial charge in [-0.3, -0.25) is 0 Å². The molecule has 1 N–H and O–H groups in total. The highest BCUT2D eigenvalue weighted by Crippen LogP contribution is 2.26. The molecule has 0 radical (unpaired) electrons. The fraction of sp³-hybridized carbons (Fsp3) is 0.333. The maximum atomic E-state index is 5.23. The number of rotatable bonds is 5. The lowest BCUT2D eigenvalue weighted by Gasteiger charge is -2.10. The lowest BCUT2D eigenvalue weighted by Crippen LogP contribution is -2.03. The molecule has 0 fully saturated rings. The van der Waals surface area contributed by atoms with E-state index in [1.807, 2.05) is 38.2 Å². The number of benzene rings is 1. The molecule has 2 rings (SSSR count). The van der Waals surface area contributed by atoms with Gasteiger partial charge in [0.25, 0.3) is 0 Å². The highest BCUT2D eigenvalue weighted by Gasteiger charge is 2.09. The van der Waals surface area contributed by atoms with Gasteiger partial charge in [0.05, 0.1) is 12.8 Å². The maximum absolute atomic E-state index is 5.23. The van der Waals surface area contributed by atoms with Crippen LogP contribution in [0.1, 0.15) is 11.4 Å². The summed E-state index contributed by atoms with van der Waals surface area (Å²) in [5.41, 5.74) is 3.03. The Kier molecular flexibility index (Phi) is 4.53. The van der Waals surface area contributed by atoms with Crippen LogP contribution in [0.4, 0.5) is 5.82 Å². The minimum Gasteiger partial charge on any atom is -0.497 e. The second-order valence-electron chi connectivity index (χ2n) is 4.42. The van der Waals surface area contributed by atoms with Crippen molar-refractivity contribution in [2.45, 2.75) is 13.5 Å². The van der Waals surface area contributed by atoms with E-state index < -0.39 is 0 Å². The smallest absolute Gasteiger partial charge is 0.157 e. The topological polar surface area (TPSA) is 56.3 Å². The van der Waals surface area contributed by atoms with E-state index in [-0.39, 0.29) is 0 Å². The van der Waals surface area contributed by atoms with E-state index in [4.69, 9.17) is 9.47 Å². The second kappa shape index (κ2) is 6.34. The quantitative estimate of drug-likeness (QED) is 0.907. The van der Waals surface area contributed by atoms with Crippen LogP contribution in [0, 0.1) is 6.92 Å². The van der Waals surface area contributed by atoms with Gasteiger partial charge >= 0.3 is 0 Å². The van der Waals surface area contributed by atoms with Crippen molar-refractivity contribution in [1.82, 2.24) is 9.97 Å². The molecule has 1 aromatic carbocycles. The number of anilines is 1. The highest BCUT2D eigenvalue weighted by molar-refractivity contribution is 5.67. The number of nitrogens with one attached hydrogen (secondary N) is 1. The van der Waals surface area contributed by atoms with Gasteiger partial charge in [0, 0.05) is 25.8 Å². The number of hydrogen-bond donors (Lipinski definition) is 1. The highest BCUT2D eigenvalue weighted by atomic mass is 16.5. The van der Waals surface area contributed by atoms with Gasteiger partial charge in [-0.15, -0.1) is 0 Å². The molecule has 5 heteroatoms. The van der Waals surface area contributed by atoms with Crippen LogP contribution >= 0.6 is 0 Å². The van der Waals surface area contributed by atoms with Gasteiger partial charge in [0.2, 0.25) is 0 Å². The fourth-order valence-electron chi connectivity index (χ4n) is 2.01. The van der Waals surface area contributed by atoms with E-state index in [0.717, 1.165) is 28.4 Å². The van der Waals surface area contributed by atoms with Crippen molar-refractivity contribution in [3.05, 3.63) is 35.7 Å². The fourth-order valence-corrected chi connectivity index (χ4v) is 2.01. The lowest BCUT2D eigenvalue weighted by molar-refractivity contribution is 0.178. The summed E-state index contributed by atoms with van der Waals surface area (Å²) in [5.74, 6) is 2.27. The summed E-state index contributed by atoms with van der Waals surface area (Å²) in [6.07, 6.45) is 0. The molecule has 0 unspecified atom stereocenters. The van der Waals surface area contributed by atoms with Crippen molar-refractivity contribution < 1.29 is 9.47 Å². The molecule has 0 aliphatic carbocycles. The first-order chi connectivity index (χ1) is 9.67. The molecule has 0 saturated heterocycles. The molecule has 1 aromatic heterocycles. The van der Waals surface area contributed by atoms with Crippen LogP contribution in [0.15, 0.2) is 24.3 Å². The summed E-state index contributed by atoms with van der Waals surface area (Å²) < 4.78 is 10.3. The Balaban J connectivity index is 2.48. The van der Waals surface area contributed by atoms with E-state index in [0.29, 0.717) is 12.4 Å². The molecule has 0 aliphatic heterocycles. The Hall–Kier alpha value is -2.14. The average molecular weight is 273 g/mol. The maximum Gasteiger partial charge on any atom is 0.157 e. The van der Waals surface area contributed by atoms with Gasteiger partial charge in [-0.1, -0.05) is 0 Å². The van der Waals surface area contributed by atoms with Gasteiger partial charge in [0.15, 0.2) is 5.82 Å². The molecule has 0 saturated carbocycles. The normalized spacial score (nSPS) is 10.4. The van der Waals surface area contributed by atoms with Crippen LogP contribution in [0.2, 0.25) is 0 Å². The Labute approximate surface area is 119 Å². The van der Waals surface area contributed by atoms with Gasteiger partial charge in [-0.25, -0.2) is 9.97 Å². The average Bonchev–Trinajstić information content (AvgIpc) is 2.47. The second-order valence-corrected chi connectivity index (χ2v) is 4.42. The standard InChI is InChI=1S/C15H19N3O2/c1-10-7-11(20-4)5-6-12(10)13-8-14(16-2)18-15(17-13)9-19-3/h5-8H,9H2,1-4H3,(H,16,17,18). The van der Waals surface area contributed by atoms with Crippen molar-refractivity contribution in [2.24, 2.45) is 0 Å². The van der Waals surface area contributed by atoms with Crippen molar-refractivity contribution in [1.29, 1.82) is 0 Å². The first-order valence-corrected chi connectivity index (χ1v) is 6.37.